The average molecular weight is 362 g/mol. The molecular weight excluding hydrogens is 342 g/mol. The number of hydrogen-bond acceptors (Lipinski definition) is 4. The summed E-state index contributed by atoms with van der Waals surface area (Å²) in [5.74, 6) is -0.221. The third kappa shape index (κ3) is 4.97. The van der Waals surface area contributed by atoms with Gasteiger partial charge in [0, 0.05) is 5.69 Å². The molecule has 0 aromatic heterocycles. The van der Waals surface area contributed by atoms with Gasteiger partial charge in [-0.25, -0.2) is 4.79 Å². The van der Waals surface area contributed by atoms with E-state index in [4.69, 9.17) is 21.1 Å². The second-order valence-electron chi connectivity index (χ2n) is 5.43. The van der Waals surface area contributed by atoms with Crippen LogP contribution in [0.3, 0.4) is 0 Å². The molecule has 1 amide bonds. The molecule has 2 aromatic carbocycles. The molecule has 0 heterocycles. The average Bonchev–Trinajstić information content (AvgIpc) is 2.58. The van der Waals surface area contributed by atoms with Crippen molar-refractivity contribution in [2.24, 2.45) is 0 Å². The van der Waals surface area contributed by atoms with Crippen molar-refractivity contribution in [1.82, 2.24) is 0 Å². The highest BCUT2D eigenvalue weighted by Crippen LogP contribution is 2.22. The molecule has 0 spiro atoms. The zero-order valence-electron chi connectivity index (χ0n) is 14.3. The van der Waals surface area contributed by atoms with Gasteiger partial charge in [-0.2, -0.15) is 0 Å². The van der Waals surface area contributed by atoms with Crippen molar-refractivity contribution < 1.29 is 19.1 Å². The number of carbonyl (C=O) groups excluding carboxylic acids is 2. The highest BCUT2D eigenvalue weighted by atomic mass is 35.5. The normalized spacial score (nSPS) is 11.5. The number of amides is 1. The van der Waals surface area contributed by atoms with Crippen LogP contribution >= 0.6 is 11.6 Å². The number of nitrogens with one attached hydrogen (secondary N) is 1. The number of esters is 1. The van der Waals surface area contributed by atoms with Crippen LogP contribution in [-0.2, 0) is 9.53 Å². The van der Waals surface area contributed by atoms with Crippen LogP contribution in [-0.4, -0.2) is 24.6 Å². The lowest BCUT2D eigenvalue weighted by Crippen LogP contribution is -2.30. The second kappa shape index (κ2) is 8.53. The van der Waals surface area contributed by atoms with E-state index in [2.05, 4.69) is 5.32 Å². The van der Waals surface area contributed by atoms with Crippen LogP contribution in [0.2, 0.25) is 5.02 Å². The van der Waals surface area contributed by atoms with Crippen LogP contribution in [0, 0.1) is 6.92 Å². The Morgan fingerprint density at radius 3 is 2.60 bits per heavy atom. The van der Waals surface area contributed by atoms with Gasteiger partial charge in [-0.1, -0.05) is 29.8 Å². The summed E-state index contributed by atoms with van der Waals surface area (Å²) in [4.78, 5) is 24.2. The van der Waals surface area contributed by atoms with Crippen molar-refractivity contribution in [2.45, 2.75) is 26.9 Å². The Hall–Kier alpha value is -2.53. The van der Waals surface area contributed by atoms with Gasteiger partial charge in [0.15, 0.2) is 6.10 Å². The number of hydrogen-bond donors (Lipinski definition) is 1. The molecule has 0 unspecified atom stereocenters. The number of para-hydroxylation sites is 1. The van der Waals surface area contributed by atoms with Crippen molar-refractivity contribution in [3.05, 3.63) is 58.6 Å². The molecule has 5 nitrogen and oxygen atoms in total. The molecule has 6 heteroatoms. The minimum absolute atomic E-state index is 0.203. The van der Waals surface area contributed by atoms with Gasteiger partial charge in [-0.3, -0.25) is 4.79 Å². The summed E-state index contributed by atoms with van der Waals surface area (Å²) in [5, 5.41) is 2.98. The van der Waals surface area contributed by atoms with Crippen molar-refractivity contribution in [3.63, 3.8) is 0 Å². The summed E-state index contributed by atoms with van der Waals surface area (Å²) in [6, 6.07) is 12.1. The van der Waals surface area contributed by atoms with Crippen LogP contribution < -0.4 is 10.1 Å². The van der Waals surface area contributed by atoms with Gasteiger partial charge in [0.1, 0.15) is 5.75 Å². The van der Waals surface area contributed by atoms with Gasteiger partial charge in [0.2, 0.25) is 0 Å². The summed E-state index contributed by atoms with van der Waals surface area (Å²) in [5.41, 5.74) is 1.59. The maximum Gasteiger partial charge on any atom is 0.339 e. The topological polar surface area (TPSA) is 64.6 Å². The standard InChI is InChI=1S/C19H20ClNO4/c1-4-24-19(23)15-11-14(9-10-16(15)20)21-18(22)13(3)25-17-8-6-5-7-12(17)2/h5-11,13H,4H2,1-3H3,(H,21,22)/t13-/m0/s1. The van der Waals surface area contributed by atoms with Crippen molar-refractivity contribution in [1.29, 1.82) is 0 Å². The number of halogens is 1. The molecule has 2 rings (SSSR count). The quantitative estimate of drug-likeness (QED) is 0.782. The maximum atomic E-state index is 12.3. The van der Waals surface area contributed by atoms with Gasteiger partial charge in [0.05, 0.1) is 17.2 Å². The van der Waals surface area contributed by atoms with Crippen LogP contribution in [0.5, 0.6) is 5.75 Å². The number of benzene rings is 2. The van der Waals surface area contributed by atoms with Crippen LogP contribution in [0.4, 0.5) is 5.69 Å². The first-order valence-electron chi connectivity index (χ1n) is 7.92. The van der Waals surface area contributed by atoms with Gasteiger partial charge in [0.25, 0.3) is 5.91 Å². The maximum absolute atomic E-state index is 12.3. The molecule has 0 saturated heterocycles. The smallest absolute Gasteiger partial charge is 0.339 e. The number of rotatable bonds is 6. The summed E-state index contributed by atoms with van der Waals surface area (Å²) in [7, 11) is 0. The van der Waals surface area contributed by atoms with Crippen molar-refractivity contribution in [3.8, 4) is 5.75 Å². The van der Waals surface area contributed by atoms with E-state index in [9.17, 15) is 9.59 Å². The minimum atomic E-state index is -0.706. The largest absolute Gasteiger partial charge is 0.481 e. The van der Waals surface area contributed by atoms with Gasteiger partial charge in [-0.05, 0) is 50.6 Å². The summed E-state index contributed by atoms with van der Waals surface area (Å²) in [6.45, 7) is 5.52. The first-order chi connectivity index (χ1) is 11.9. The number of ether oxygens (including phenoxy) is 2. The summed E-state index contributed by atoms with van der Waals surface area (Å²) >= 11 is 6.01. The Kier molecular flexibility index (Phi) is 6.42. The molecule has 1 N–H and O–H groups in total. The molecule has 0 aliphatic carbocycles. The van der Waals surface area contributed by atoms with Gasteiger partial charge in [-0.15, -0.1) is 0 Å². The monoisotopic (exact) mass is 361 g/mol. The Morgan fingerprint density at radius 1 is 1.20 bits per heavy atom. The highest BCUT2D eigenvalue weighted by molar-refractivity contribution is 6.33. The fourth-order valence-corrected chi connectivity index (χ4v) is 2.34. The predicted molar refractivity (Wildman–Crippen MR) is 97.3 cm³/mol. The number of anilines is 1. The Balaban J connectivity index is 2.08. The number of carbonyl (C=O) groups is 2. The third-order valence-electron chi connectivity index (χ3n) is 3.50. The van der Waals surface area contributed by atoms with Gasteiger partial charge < -0.3 is 14.8 Å². The van der Waals surface area contributed by atoms with Crippen molar-refractivity contribution >= 4 is 29.2 Å². The molecule has 25 heavy (non-hydrogen) atoms. The molecule has 0 aliphatic heterocycles. The fourth-order valence-electron chi connectivity index (χ4n) is 2.14. The molecule has 0 bridgehead atoms. The van der Waals surface area contributed by atoms with E-state index in [-0.39, 0.29) is 23.1 Å². The molecule has 1 atom stereocenters. The van der Waals surface area contributed by atoms with E-state index in [1.807, 2.05) is 25.1 Å². The van der Waals surface area contributed by atoms with Gasteiger partial charge >= 0.3 is 5.97 Å². The first kappa shape index (κ1) is 18.8. The Morgan fingerprint density at radius 2 is 1.92 bits per heavy atom. The molecular formula is C19H20ClNO4. The van der Waals surface area contributed by atoms with Crippen LogP contribution in [0.1, 0.15) is 29.8 Å². The first-order valence-corrected chi connectivity index (χ1v) is 8.30. The zero-order chi connectivity index (χ0) is 18.4. The highest BCUT2D eigenvalue weighted by Gasteiger charge is 2.18. The van der Waals surface area contributed by atoms with E-state index in [1.54, 1.807) is 26.0 Å². The van der Waals surface area contributed by atoms with E-state index in [0.29, 0.717) is 11.4 Å². The van der Waals surface area contributed by atoms with Crippen LogP contribution in [0.25, 0.3) is 0 Å². The van der Waals surface area contributed by atoms with E-state index >= 15 is 0 Å². The number of aryl methyl sites for hydroxylation is 1. The lowest BCUT2D eigenvalue weighted by Gasteiger charge is -2.16. The molecule has 132 valence electrons. The SMILES string of the molecule is CCOC(=O)c1cc(NC(=O)[C@H](C)Oc2ccccc2C)ccc1Cl. The van der Waals surface area contributed by atoms with E-state index in [1.165, 1.54) is 12.1 Å². The molecule has 0 saturated carbocycles. The molecule has 0 fully saturated rings. The second-order valence-corrected chi connectivity index (χ2v) is 5.84. The van der Waals surface area contributed by atoms with E-state index in [0.717, 1.165) is 5.56 Å². The Bertz CT molecular complexity index is 776. The van der Waals surface area contributed by atoms with Crippen LogP contribution in [0.15, 0.2) is 42.5 Å². The minimum Gasteiger partial charge on any atom is -0.481 e. The molecule has 2 aromatic rings. The molecule has 0 aliphatic rings. The van der Waals surface area contributed by atoms with E-state index < -0.39 is 12.1 Å². The Labute approximate surface area is 151 Å². The summed E-state index contributed by atoms with van der Waals surface area (Å²) in [6.07, 6.45) is -0.706. The lowest BCUT2D eigenvalue weighted by molar-refractivity contribution is -0.122. The third-order valence-corrected chi connectivity index (χ3v) is 3.83. The fraction of sp³-hybridized carbons (Fsp3) is 0.263. The molecule has 0 radical (unpaired) electrons. The van der Waals surface area contributed by atoms with Crippen molar-refractivity contribution in [2.75, 3.05) is 11.9 Å². The predicted octanol–water partition coefficient (Wildman–Crippen LogP) is 4.23. The lowest BCUT2D eigenvalue weighted by atomic mass is 10.2. The zero-order valence-corrected chi connectivity index (χ0v) is 15.1. The summed E-state index contributed by atoms with van der Waals surface area (Å²) < 4.78 is 10.6.